The lowest BCUT2D eigenvalue weighted by atomic mass is 10.1. The van der Waals surface area contributed by atoms with Gasteiger partial charge in [0.25, 0.3) is 11.8 Å². The molecule has 0 spiro atoms. The van der Waals surface area contributed by atoms with Crippen molar-refractivity contribution in [1.82, 2.24) is 4.90 Å². The zero-order valence-electron chi connectivity index (χ0n) is 16.8. The first-order valence-corrected chi connectivity index (χ1v) is 9.47. The van der Waals surface area contributed by atoms with Gasteiger partial charge in [-0.1, -0.05) is 18.2 Å². The molecule has 0 atom stereocenters. The van der Waals surface area contributed by atoms with Crippen LogP contribution in [0.4, 0.5) is 5.69 Å². The van der Waals surface area contributed by atoms with E-state index in [2.05, 4.69) is 5.32 Å². The average Bonchev–Trinajstić information content (AvgIpc) is 2.74. The van der Waals surface area contributed by atoms with Gasteiger partial charge >= 0.3 is 0 Å². The van der Waals surface area contributed by atoms with Crippen LogP contribution in [0.25, 0.3) is 0 Å². The molecule has 0 aliphatic heterocycles. The molecule has 29 heavy (non-hydrogen) atoms. The first-order valence-electron chi connectivity index (χ1n) is 9.47. The van der Waals surface area contributed by atoms with Crippen molar-refractivity contribution in [2.24, 2.45) is 0 Å². The number of anilines is 1. The SMILES string of the molecule is CCN(C)C(=O)c1cccc(C(=O)Nc2ccc(Oc3cccc(C)c3)cc2)c1. The summed E-state index contributed by atoms with van der Waals surface area (Å²) in [5.41, 5.74) is 2.69. The fourth-order valence-corrected chi connectivity index (χ4v) is 2.78. The maximum Gasteiger partial charge on any atom is 0.255 e. The second kappa shape index (κ2) is 9.06. The van der Waals surface area contributed by atoms with Crippen molar-refractivity contribution in [1.29, 1.82) is 0 Å². The maximum absolute atomic E-state index is 12.6. The molecule has 3 aromatic rings. The fraction of sp³-hybridized carbons (Fsp3) is 0.167. The van der Waals surface area contributed by atoms with Gasteiger partial charge in [-0.15, -0.1) is 0 Å². The molecule has 0 aliphatic carbocycles. The van der Waals surface area contributed by atoms with E-state index >= 15 is 0 Å². The van der Waals surface area contributed by atoms with Gasteiger partial charge in [0.2, 0.25) is 0 Å². The number of amides is 2. The molecule has 5 nitrogen and oxygen atoms in total. The van der Waals surface area contributed by atoms with E-state index in [0.29, 0.717) is 29.1 Å². The number of hydrogen-bond acceptors (Lipinski definition) is 3. The minimum Gasteiger partial charge on any atom is -0.457 e. The Labute approximate surface area is 170 Å². The molecular formula is C24H24N2O3. The summed E-state index contributed by atoms with van der Waals surface area (Å²) in [6, 6.07) is 21.7. The lowest BCUT2D eigenvalue weighted by Gasteiger charge is -2.15. The summed E-state index contributed by atoms with van der Waals surface area (Å²) in [6.07, 6.45) is 0. The highest BCUT2D eigenvalue weighted by Crippen LogP contribution is 2.24. The second-order valence-corrected chi connectivity index (χ2v) is 6.80. The van der Waals surface area contributed by atoms with Crippen molar-refractivity contribution < 1.29 is 14.3 Å². The third-order valence-corrected chi connectivity index (χ3v) is 4.53. The smallest absolute Gasteiger partial charge is 0.255 e. The van der Waals surface area contributed by atoms with Crippen molar-refractivity contribution in [3.63, 3.8) is 0 Å². The van der Waals surface area contributed by atoms with Crippen LogP contribution in [0, 0.1) is 6.92 Å². The summed E-state index contributed by atoms with van der Waals surface area (Å²) in [5, 5.41) is 2.85. The number of ether oxygens (including phenoxy) is 1. The van der Waals surface area contributed by atoms with Crippen LogP contribution in [-0.4, -0.2) is 30.3 Å². The standard InChI is InChI=1S/C24H24N2O3/c1-4-26(3)24(28)19-9-6-8-18(16-19)23(27)25-20-11-13-21(14-12-20)29-22-10-5-7-17(2)15-22/h5-16H,4H2,1-3H3,(H,25,27). The highest BCUT2D eigenvalue weighted by molar-refractivity contribution is 6.06. The Balaban J connectivity index is 1.67. The molecule has 0 aromatic heterocycles. The van der Waals surface area contributed by atoms with Gasteiger partial charge in [-0.25, -0.2) is 0 Å². The summed E-state index contributed by atoms with van der Waals surface area (Å²) in [7, 11) is 1.73. The molecule has 3 aromatic carbocycles. The number of carbonyl (C=O) groups is 2. The highest BCUT2D eigenvalue weighted by atomic mass is 16.5. The van der Waals surface area contributed by atoms with Crippen LogP contribution in [0.3, 0.4) is 0 Å². The Morgan fingerprint density at radius 1 is 0.897 bits per heavy atom. The van der Waals surface area contributed by atoms with Crippen LogP contribution in [0.15, 0.2) is 72.8 Å². The highest BCUT2D eigenvalue weighted by Gasteiger charge is 2.13. The summed E-state index contributed by atoms with van der Waals surface area (Å²) in [5.74, 6) is 1.06. The van der Waals surface area contributed by atoms with Gasteiger partial charge < -0.3 is 15.0 Å². The molecule has 5 heteroatoms. The molecule has 1 N–H and O–H groups in total. The molecule has 0 heterocycles. The Bertz CT molecular complexity index is 1010. The molecule has 0 unspecified atom stereocenters. The fourth-order valence-electron chi connectivity index (χ4n) is 2.78. The van der Waals surface area contributed by atoms with Crippen LogP contribution < -0.4 is 10.1 Å². The molecule has 0 bridgehead atoms. The molecule has 0 saturated carbocycles. The first kappa shape index (κ1) is 20.1. The number of benzene rings is 3. The van der Waals surface area contributed by atoms with E-state index in [1.807, 2.05) is 38.1 Å². The zero-order valence-corrected chi connectivity index (χ0v) is 16.8. The van der Waals surface area contributed by atoms with E-state index in [4.69, 9.17) is 4.74 Å². The Morgan fingerprint density at radius 2 is 1.59 bits per heavy atom. The third kappa shape index (κ3) is 5.23. The van der Waals surface area contributed by atoms with E-state index in [-0.39, 0.29) is 11.8 Å². The summed E-state index contributed by atoms with van der Waals surface area (Å²) in [6.45, 7) is 4.52. The molecule has 0 radical (unpaired) electrons. The summed E-state index contributed by atoms with van der Waals surface area (Å²) in [4.78, 5) is 26.5. The van der Waals surface area contributed by atoms with E-state index < -0.39 is 0 Å². The third-order valence-electron chi connectivity index (χ3n) is 4.53. The molecule has 3 rings (SSSR count). The van der Waals surface area contributed by atoms with Gasteiger partial charge in [-0.3, -0.25) is 9.59 Å². The van der Waals surface area contributed by atoms with Gasteiger partial charge in [0.15, 0.2) is 0 Å². The predicted octanol–water partition coefficient (Wildman–Crippen LogP) is 5.13. The molecule has 0 fully saturated rings. The van der Waals surface area contributed by atoms with Crippen LogP contribution >= 0.6 is 0 Å². The minimum atomic E-state index is -0.272. The van der Waals surface area contributed by atoms with Crippen LogP contribution in [0.2, 0.25) is 0 Å². The van der Waals surface area contributed by atoms with E-state index in [9.17, 15) is 9.59 Å². The zero-order chi connectivity index (χ0) is 20.8. The number of nitrogens with one attached hydrogen (secondary N) is 1. The van der Waals surface area contributed by atoms with Crippen molar-refractivity contribution >= 4 is 17.5 Å². The number of hydrogen-bond donors (Lipinski definition) is 1. The minimum absolute atomic E-state index is 0.111. The molecule has 2 amide bonds. The summed E-state index contributed by atoms with van der Waals surface area (Å²) >= 11 is 0. The Kier molecular flexibility index (Phi) is 6.29. The van der Waals surface area contributed by atoms with Crippen molar-refractivity contribution in [2.45, 2.75) is 13.8 Å². The normalized spacial score (nSPS) is 10.3. The van der Waals surface area contributed by atoms with Crippen molar-refractivity contribution in [3.8, 4) is 11.5 Å². The van der Waals surface area contributed by atoms with Crippen LogP contribution in [0.1, 0.15) is 33.2 Å². The maximum atomic E-state index is 12.6. The lowest BCUT2D eigenvalue weighted by molar-refractivity contribution is 0.0802. The topological polar surface area (TPSA) is 58.6 Å². The lowest BCUT2D eigenvalue weighted by Crippen LogP contribution is -2.26. The molecule has 148 valence electrons. The first-order chi connectivity index (χ1) is 14.0. The predicted molar refractivity (Wildman–Crippen MR) is 115 cm³/mol. The second-order valence-electron chi connectivity index (χ2n) is 6.80. The van der Waals surface area contributed by atoms with Crippen LogP contribution in [0.5, 0.6) is 11.5 Å². The number of nitrogens with zero attached hydrogens (tertiary/aromatic N) is 1. The molecular weight excluding hydrogens is 364 g/mol. The molecule has 0 aliphatic rings. The monoisotopic (exact) mass is 388 g/mol. The average molecular weight is 388 g/mol. The van der Waals surface area contributed by atoms with Crippen molar-refractivity contribution in [2.75, 3.05) is 18.9 Å². The van der Waals surface area contributed by atoms with Crippen LogP contribution in [-0.2, 0) is 0 Å². The van der Waals surface area contributed by atoms with E-state index in [0.717, 1.165) is 11.3 Å². The van der Waals surface area contributed by atoms with Gasteiger partial charge in [-0.05, 0) is 74.0 Å². The van der Waals surface area contributed by atoms with Gasteiger partial charge in [0.1, 0.15) is 11.5 Å². The molecule has 0 saturated heterocycles. The quantitative estimate of drug-likeness (QED) is 0.637. The number of rotatable bonds is 6. The Morgan fingerprint density at radius 3 is 2.28 bits per heavy atom. The van der Waals surface area contributed by atoms with Gasteiger partial charge in [0, 0.05) is 30.4 Å². The Hall–Kier alpha value is -3.60. The van der Waals surface area contributed by atoms with Gasteiger partial charge in [-0.2, -0.15) is 0 Å². The van der Waals surface area contributed by atoms with E-state index in [1.165, 1.54) is 0 Å². The summed E-state index contributed by atoms with van der Waals surface area (Å²) < 4.78 is 5.82. The van der Waals surface area contributed by atoms with Crippen molar-refractivity contribution in [3.05, 3.63) is 89.5 Å². The number of carbonyl (C=O) groups excluding carboxylic acids is 2. The van der Waals surface area contributed by atoms with E-state index in [1.54, 1.807) is 60.5 Å². The van der Waals surface area contributed by atoms with Gasteiger partial charge in [0.05, 0.1) is 0 Å². The largest absolute Gasteiger partial charge is 0.457 e. The number of aryl methyl sites for hydroxylation is 1.